The SMILES string of the molecule is NCC1(C2(O)CCNCC2)CCOCC1. The molecule has 2 aliphatic heterocycles. The number of aliphatic hydroxyl groups is 1. The maximum absolute atomic E-state index is 10.8. The third-order valence-electron chi connectivity index (χ3n) is 4.26. The van der Waals surface area contributed by atoms with E-state index in [0.717, 1.165) is 52.0 Å². The zero-order chi connectivity index (χ0) is 10.8. The molecule has 0 saturated carbocycles. The van der Waals surface area contributed by atoms with Crippen LogP contribution in [0.4, 0.5) is 0 Å². The normalized spacial score (nSPS) is 30.0. The van der Waals surface area contributed by atoms with Crippen molar-refractivity contribution < 1.29 is 9.84 Å². The van der Waals surface area contributed by atoms with E-state index in [1.54, 1.807) is 0 Å². The second kappa shape index (κ2) is 4.37. The van der Waals surface area contributed by atoms with Gasteiger partial charge in [-0.3, -0.25) is 0 Å². The van der Waals surface area contributed by atoms with Crippen LogP contribution < -0.4 is 11.1 Å². The van der Waals surface area contributed by atoms with Crippen molar-refractivity contribution in [1.82, 2.24) is 5.32 Å². The molecule has 4 heteroatoms. The van der Waals surface area contributed by atoms with Gasteiger partial charge in [0, 0.05) is 25.2 Å². The number of nitrogens with two attached hydrogens (primary N) is 1. The van der Waals surface area contributed by atoms with Gasteiger partial charge in [-0.05, 0) is 38.8 Å². The summed E-state index contributed by atoms with van der Waals surface area (Å²) in [5, 5.41) is 14.1. The van der Waals surface area contributed by atoms with Gasteiger partial charge in [-0.2, -0.15) is 0 Å². The molecule has 2 rings (SSSR count). The fourth-order valence-electron chi connectivity index (χ4n) is 2.99. The zero-order valence-corrected chi connectivity index (χ0v) is 9.30. The molecule has 2 heterocycles. The fourth-order valence-corrected chi connectivity index (χ4v) is 2.99. The summed E-state index contributed by atoms with van der Waals surface area (Å²) in [5.41, 5.74) is 5.24. The summed E-state index contributed by atoms with van der Waals surface area (Å²) in [5.74, 6) is 0. The van der Waals surface area contributed by atoms with Crippen LogP contribution in [0.1, 0.15) is 25.7 Å². The number of ether oxygens (including phenoxy) is 1. The lowest BCUT2D eigenvalue weighted by Crippen LogP contribution is -2.59. The van der Waals surface area contributed by atoms with E-state index in [2.05, 4.69) is 5.32 Å². The monoisotopic (exact) mass is 214 g/mol. The molecule has 0 amide bonds. The number of hydrogen-bond acceptors (Lipinski definition) is 4. The molecule has 0 aromatic heterocycles. The van der Waals surface area contributed by atoms with Crippen LogP contribution in [0.2, 0.25) is 0 Å². The summed E-state index contributed by atoms with van der Waals surface area (Å²) in [6, 6.07) is 0. The third kappa shape index (κ3) is 1.91. The maximum Gasteiger partial charge on any atom is 0.0741 e. The molecular weight excluding hydrogens is 192 g/mol. The van der Waals surface area contributed by atoms with Crippen LogP contribution in [-0.4, -0.2) is 43.6 Å². The Kier molecular flexibility index (Phi) is 3.30. The second-order valence-corrected chi connectivity index (χ2v) is 4.88. The van der Waals surface area contributed by atoms with E-state index in [0.29, 0.717) is 6.54 Å². The van der Waals surface area contributed by atoms with Crippen molar-refractivity contribution in [2.45, 2.75) is 31.3 Å². The first-order valence-corrected chi connectivity index (χ1v) is 5.93. The molecule has 15 heavy (non-hydrogen) atoms. The largest absolute Gasteiger partial charge is 0.389 e. The number of rotatable bonds is 2. The first-order chi connectivity index (χ1) is 7.22. The van der Waals surface area contributed by atoms with Crippen LogP contribution >= 0.6 is 0 Å². The van der Waals surface area contributed by atoms with Crippen molar-refractivity contribution in [3.05, 3.63) is 0 Å². The van der Waals surface area contributed by atoms with E-state index in [1.165, 1.54) is 0 Å². The van der Waals surface area contributed by atoms with Crippen LogP contribution in [0.25, 0.3) is 0 Å². The van der Waals surface area contributed by atoms with E-state index in [4.69, 9.17) is 10.5 Å². The Morgan fingerprint density at radius 3 is 2.27 bits per heavy atom. The smallest absolute Gasteiger partial charge is 0.0741 e. The van der Waals surface area contributed by atoms with Crippen LogP contribution in [0.15, 0.2) is 0 Å². The molecule has 0 aromatic rings. The fraction of sp³-hybridized carbons (Fsp3) is 1.00. The minimum absolute atomic E-state index is 0.104. The number of piperidine rings is 1. The van der Waals surface area contributed by atoms with Gasteiger partial charge in [0.1, 0.15) is 0 Å². The molecule has 0 aliphatic carbocycles. The van der Waals surface area contributed by atoms with Gasteiger partial charge in [0.2, 0.25) is 0 Å². The lowest BCUT2D eigenvalue weighted by atomic mass is 9.63. The minimum Gasteiger partial charge on any atom is -0.389 e. The summed E-state index contributed by atoms with van der Waals surface area (Å²) >= 11 is 0. The first-order valence-electron chi connectivity index (χ1n) is 5.93. The van der Waals surface area contributed by atoms with Crippen LogP contribution in [0.5, 0.6) is 0 Å². The predicted octanol–water partition coefficient (Wildman–Crippen LogP) is -0.144. The minimum atomic E-state index is -0.573. The molecule has 0 radical (unpaired) electrons. The molecular formula is C11H22N2O2. The topological polar surface area (TPSA) is 67.5 Å². The summed E-state index contributed by atoms with van der Waals surface area (Å²) in [6.07, 6.45) is 3.45. The molecule has 4 nitrogen and oxygen atoms in total. The van der Waals surface area contributed by atoms with Crippen molar-refractivity contribution in [2.75, 3.05) is 32.8 Å². The molecule has 0 unspecified atom stereocenters. The number of hydrogen-bond donors (Lipinski definition) is 3. The highest BCUT2D eigenvalue weighted by Gasteiger charge is 2.50. The third-order valence-corrected chi connectivity index (χ3v) is 4.26. The average Bonchev–Trinajstić information content (AvgIpc) is 2.31. The van der Waals surface area contributed by atoms with E-state index in [1.807, 2.05) is 0 Å². The molecule has 88 valence electrons. The quantitative estimate of drug-likeness (QED) is 0.598. The van der Waals surface area contributed by atoms with Crippen molar-refractivity contribution in [2.24, 2.45) is 11.1 Å². The summed E-state index contributed by atoms with van der Waals surface area (Å²) < 4.78 is 5.38. The Morgan fingerprint density at radius 2 is 1.73 bits per heavy atom. The first kappa shape index (κ1) is 11.3. The van der Waals surface area contributed by atoms with Gasteiger partial charge in [0.25, 0.3) is 0 Å². The zero-order valence-electron chi connectivity index (χ0n) is 9.30. The van der Waals surface area contributed by atoms with Gasteiger partial charge in [0.15, 0.2) is 0 Å². The summed E-state index contributed by atoms with van der Waals surface area (Å²) in [6.45, 7) is 3.87. The summed E-state index contributed by atoms with van der Waals surface area (Å²) in [7, 11) is 0. The summed E-state index contributed by atoms with van der Waals surface area (Å²) in [4.78, 5) is 0. The van der Waals surface area contributed by atoms with Crippen molar-refractivity contribution in [3.8, 4) is 0 Å². The van der Waals surface area contributed by atoms with Crippen LogP contribution in [0, 0.1) is 5.41 Å². The van der Waals surface area contributed by atoms with E-state index in [-0.39, 0.29) is 5.41 Å². The molecule has 2 saturated heterocycles. The lowest BCUT2D eigenvalue weighted by Gasteiger charge is -2.51. The molecule has 0 bridgehead atoms. The Bertz CT molecular complexity index is 209. The van der Waals surface area contributed by atoms with Gasteiger partial charge in [-0.25, -0.2) is 0 Å². The van der Waals surface area contributed by atoms with Gasteiger partial charge >= 0.3 is 0 Å². The lowest BCUT2D eigenvalue weighted by molar-refractivity contribution is -0.142. The maximum atomic E-state index is 10.8. The van der Waals surface area contributed by atoms with E-state index >= 15 is 0 Å². The molecule has 4 N–H and O–H groups in total. The Hall–Kier alpha value is -0.160. The predicted molar refractivity (Wildman–Crippen MR) is 58.6 cm³/mol. The standard InChI is InChI=1S/C11H22N2O2/c12-9-10(3-7-15-8-4-10)11(14)1-5-13-6-2-11/h13-14H,1-9,12H2. The van der Waals surface area contributed by atoms with E-state index < -0.39 is 5.60 Å². The molecule has 0 spiro atoms. The average molecular weight is 214 g/mol. The van der Waals surface area contributed by atoms with Gasteiger partial charge < -0.3 is 20.9 Å². The Morgan fingerprint density at radius 1 is 1.13 bits per heavy atom. The highest BCUT2D eigenvalue weighted by atomic mass is 16.5. The molecule has 0 atom stereocenters. The van der Waals surface area contributed by atoms with Gasteiger partial charge in [-0.1, -0.05) is 0 Å². The van der Waals surface area contributed by atoms with Crippen molar-refractivity contribution >= 4 is 0 Å². The second-order valence-electron chi connectivity index (χ2n) is 4.88. The highest BCUT2D eigenvalue weighted by molar-refractivity contribution is 5.02. The Balaban J connectivity index is 2.15. The van der Waals surface area contributed by atoms with Crippen molar-refractivity contribution in [3.63, 3.8) is 0 Å². The van der Waals surface area contributed by atoms with E-state index in [9.17, 15) is 5.11 Å². The number of nitrogens with one attached hydrogen (secondary N) is 1. The molecule has 2 aliphatic rings. The highest BCUT2D eigenvalue weighted by Crippen LogP contribution is 2.44. The van der Waals surface area contributed by atoms with Crippen molar-refractivity contribution in [1.29, 1.82) is 0 Å². The van der Waals surface area contributed by atoms with Crippen LogP contribution in [-0.2, 0) is 4.74 Å². The molecule has 0 aromatic carbocycles. The van der Waals surface area contributed by atoms with Gasteiger partial charge in [-0.15, -0.1) is 0 Å². The molecule has 2 fully saturated rings. The Labute approximate surface area is 91.2 Å². The van der Waals surface area contributed by atoms with Gasteiger partial charge in [0.05, 0.1) is 5.60 Å². The van der Waals surface area contributed by atoms with Crippen LogP contribution in [0.3, 0.4) is 0 Å².